The van der Waals surface area contributed by atoms with E-state index >= 15 is 0 Å². The molecule has 1 aromatic carbocycles. The van der Waals surface area contributed by atoms with Gasteiger partial charge in [0.1, 0.15) is 0 Å². The standard InChI is InChI=1S/C7H6FO2S.Li/c8-6-11(9,10)7-4-2-1-3-5-7;/h1-6H;/q-1;+1. The van der Waals surface area contributed by atoms with Crippen LogP contribution in [0.15, 0.2) is 35.2 Å². The zero-order valence-electron chi connectivity index (χ0n) is 6.57. The predicted molar refractivity (Wildman–Crippen MR) is 39.0 cm³/mol. The third-order valence-electron chi connectivity index (χ3n) is 1.19. The van der Waals surface area contributed by atoms with Crippen LogP contribution < -0.4 is 18.9 Å². The van der Waals surface area contributed by atoms with Gasteiger partial charge in [-0.25, -0.2) is 0 Å². The van der Waals surface area contributed by atoms with Crippen molar-refractivity contribution in [3.05, 3.63) is 36.3 Å². The predicted octanol–water partition coefficient (Wildman–Crippen LogP) is -1.45. The van der Waals surface area contributed by atoms with Gasteiger partial charge in [0.05, 0.1) is 9.84 Å². The molecule has 0 amide bonds. The Kier molecular flexibility index (Phi) is 4.54. The van der Waals surface area contributed by atoms with Crippen molar-refractivity contribution >= 4 is 9.84 Å². The first-order valence-electron chi connectivity index (χ1n) is 2.90. The third kappa shape index (κ3) is 2.63. The Labute approximate surface area is 82.9 Å². The van der Waals surface area contributed by atoms with Crippen molar-refractivity contribution < 1.29 is 31.7 Å². The van der Waals surface area contributed by atoms with Gasteiger partial charge in [-0.2, -0.15) is 0 Å². The minimum absolute atomic E-state index is 0. The maximum Gasteiger partial charge on any atom is 1.00 e. The number of hydrogen-bond acceptors (Lipinski definition) is 2. The van der Waals surface area contributed by atoms with Crippen LogP contribution in [0.5, 0.6) is 0 Å². The fourth-order valence-corrected chi connectivity index (χ4v) is 1.30. The van der Waals surface area contributed by atoms with Crippen molar-refractivity contribution in [1.82, 2.24) is 0 Å². The average Bonchev–Trinajstić information content (AvgIpc) is 2.06. The van der Waals surface area contributed by atoms with Crippen LogP contribution in [0.3, 0.4) is 0 Å². The van der Waals surface area contributed by atoms with Crippen molar-refractivity contribution in [1.29, 1.82) is 0 Å². The summed E-state index contributed by atoms with van der Waals surface area (Å²) in [6.45, 7) is 0. The quantitative estimate of drug-likeness (QED) is 0.412. The summed E-state index contributed by atoms with van der Waals surface area (Å²) in [6, 6.07) is 7.11. The summed E-state index contributed by atoms with van der Waals surface area (Å²) >= 11 is 0. The topological polar surface area (TPSA) is 34.1 Å². The van der Waals surface area contributed by atoms with E-state index < -0.39 is 9.84 Å². The molecule has 1 rings (SSSR count). The first-order valence-corrected chi connectivity index (χ1v) is 4.45. The molecule has 0 radical (unpaired) electrons. The van der Waals surface area contributed by atoms with Crippen LogP contribution >= 0.6 is 0 Å². The largest absolute Gasteiger partial charge is 1.00 e. The van der Waals surface area contributed by atoms with Crippen molar-refractivity contribution in [2.45, 2.75) is 4.90 Å². The molecule has 2 nitrogen and oxygen atoms in total. The molecule has 0 spiro atoms. The molecule has 0 aliphatic rings. The van der Waals surface area contributed by atoms with Gasteiger partial charge in [0, 0.05) is 4.90 Å². The first kappa shape index (κ1) is 11.7. The van der Waals surface area contributed by atoms with Crippen LogP contribution in [0, 0.1) is 6.01 Å². The van der Waals surface area contributed by atoms with E-state index in [0.717, 1.165) is 0 Å². The van der Waals surface area contributed by atoms with Gasteiger partial charge in [0.2, 0.25) is 0 Å². The molecule has 0 saturated carbocycles. The second-order valence-corrected chi connectivity index (χ2v) is 3.69. The molecular weight excluding hydrogens is 174 g/mol. The number of rotatable bonds is 2. The van der Waals surface area contributed by atoms with E-state index in [-0.39, 0.29) is 29.8 Å². The van der Waals surface area contributed by atoms with Gasteiger partial charge in [-0.15, -0.1) is 0 Å². The second kappa shape index (κ2) is 4.66. The minimum Gasteiger partial charge on any atom is -0.442 e. The molecule has 0 N–H and O–H groups in total. The minimum atomic E-state index is -3.79. The van der Waals surface area contributed by atoms with Gasteiger partial charge in [-0.05, 0) is 18.1 Å². The summed E-state index contributed by atoms with van der Waals surface area (Å²) < 4.78 is 33.3. The monoisotopic (exact) mass is 180 g/mol. The fraction of sp³-hybridized carbons (Fsp3) is 0. The fourth-order valence-electron chi connectivity index (χ4n) is 0.662. The van der Waals surface area contributed by atoms with Crippen molar-refractivity contribution in [3.8, 4) is 0 Å². The molecule has 0 unspecified atom stereocenters. The molecule has 60 valence electrons. The van der Waals surface area contributed by atoms with Crippen LogP contribution in [0.1, 0.15) is 0 Å². The molecule has 0 atom stereocenters. The number of benzene rings is 1. The molecule has 5 heteroatoms. The van der Waals surface area contributed by atoms with Crippen LogP contribution in [0.25, 0.3) is 0 Å². The number of sulfone groups is 1. The van der Waals surface area contributed by atoms with Crippen molar-refractivity contribution in [2.75, 3.05) is 0 Å². The van der Waals surface area contributed by atoms with E-state index in [0.29, 0.717) is 0 Å². The van der Waals surface area contributed by atoms with E-state index in [1.807, 2.05) is 0 Å². The molecule has 0 aromatic heterocycles. The zero-order chi connectivity index (χ0) is 8.32. The molecule has 0 aliphatic carbocycles. The van der Waals surface area contributed by atoms with Crippen LogP contribution in [-0.2, 0) is 9.84 Å². The van der Waals surface area contributed by atoms with Gasteiger partial charge in [0.25, 0.3) is 0 Å². The van der Waals surface area contributed by atoms with Crippen molar-refractivity contribution in [2.24, 2.45) is 0 Å². The van der Waals surface area contributed by atoms with Gasteiger partial charge in [0.15, 0.2) is 0 Å². The molecule has 0 heterocycles. The van der Waals surface area contributed by atoms with Gasteiger partial charge >= 0.3 is 18.9 Å². The molecule has 1 aromatic rings. The summed E-state index contributed by atoms with van der Waals surface area (Å²) in [5, 5.41) is 0. The Bertz CT molecular complexity index is 323. The number of halogens is 1. The van der Waals surface area contributed by atoms with E-state index in [1.165, 1.54) is 24.3 Å². The van der Waals surface area contributed by atoms with E-state index in [1.54, 1.807) is 6.07 Å². The Hall–Kier alpha value is -0.303. The van der Waals surface area contributed by atoms with E-state index in [4.69, 9.17) is 0 Å². The number of hydrogen-bond donors (Lipinski definition) is 0. The van der Waals surface area contributed by atoms with Gasteiger partial charge in [-0.1, -0.05) is 18.2 Å². The van der Waals surface area contributed by atoms with Crippen LogP contribution in [0.2, 0.25) is 0 Å². The van der Waals surface area contributed by atoms with Gasteiger partial charge < -0.3 is 4.39 Å². The van der Waals surface area contributed by atoms with Crippen molar-refractivity contribution in [3.63, 3.8) is 0 Å². The van der Waals surface area contributed by atoms with E-state index in [9.17, 15) is 12.8 Å². The van der Waals surface area contributed by atoms with E-state index in [2.05, 4.69) is 0 Å². The Balaban J connectivity index is 0.00000121. The molecule has 0 bridgehead atoms. The second-order valence-electron chi connectivity index (χ2n) is 1.95. The first-order chi connectivity index (χ1) is 5.17. The molecule has 0 saturated heterocycles. The summed E-state index contributed by atoms with van der Waals surface area (Å²) in [6.07, 6.45) is 0. The van der Waals surface area contributed by atoms with Crippen LogP contribution in [-0.4, -0.2) is 8.42 Å². The third-order valence-corrected chi connectivity index (χ3v) is 2.35. The maximum atomic E-state index is 11.7. The average molecular weight is 180 g/mol. The molecule has 12 heavy (non-hydrogen) atoms. The van der Waals surface area contributed by atoms with Crippen LogP contribution in [0.4, 0.5) is 4.39 Å². The summed E-state index contributed by atoms with van der Waals surface area (Å²) in [4.78, 5) is -0.0255. The summed E-state index contributed by atoms with van der Waals surface area (Å²) in [7, 11) is -3.79. The molecule has 0 aliphatic heterocycles. The smallest absolute Gasteiger partial charge is 0.442 e. The normalized spacial score (nSPS) is 10.4. The summed E-state index contributed by atoms with van der Waals surface area (Å²) in [5.74, 6) is 0. The Morgan fingerprint density at radius 3 is 2.08 bits per heavy atom. The molecular formula is C7H6FLiO2S. The maximum absolute atomic E-state index is 11.7. The molecule has 0 fully saturated rings. The summed E-state index contributed by atoms with van der Waals surface area (Å²) in [5.41, 5.74) is 0. The Morgan fingerprint density at radius 2 is 1.67 bits per heavy atom. The van der Waals surface area contributed by atoms with Gasteiger partial charge in [-0.3, -0.25) is 8.42 Å². The SMILES string of the molecule is O=S(=O)([CH-]F)c1ccccc1.[Li+]. The Morgan fingerprint density at radius 1 is 1.17 bits per heavy atom. The zero-order valence-corrected chi connectivity index (χ0v) is 7.38.